The van der Waals surface area contributed by atoms with Gasteiger partial charge in [0.1, 0.15) is 11.8 Å². The molecule has 0 saturated carbocycles. The molecule has 0 unspecified atom stereocenters. The monoisotopic (exact) mass is 388 g/mol. The van der Waals surface area contributed by atoms with Gasteiger partial charge in [-0.15, -0.1) is 0 Å². The number of hydrogen-bond donors (Lipinski definition) is 1. The number of aryl methyl sites for hydroxylation is 1. The van der Waals surface area contributed by atoms with Gasteiger partial charge in [-0.25, -0.2) is 0 Å². The van der Waals surface area contributed by atoms with Crippen LogP contribution in [-0.4, -0.2) is 36.4 Å². The number of ether oxygens (including phenoxy) is 1. The first-order valence-corrected chi connectivity index (χ1v) is 9.28. The standard InChI is InChI=1S/C21H25ClN2O3/c1-4-19(21(26)23-3)24(13-16-8-6-5-7-9-16)20(25)14-27-17-10-11-18(22)15(2)12-17/h5-12,19H,4,13-14H2,1-3H3,(H,23,26)/t19-/m1/s1. The molecule has 0 fully saturated rings. The summed E-state index contributed by atoms with van der Waals surface area (Å²) in [5, 5.41) is 3.28. The van der Waals surface area contributed by atoms with E-state index in [-0.39, 0.29) is 18.4 Å². The molecule has 2 amide bonds. The summed E-state index contributed by atoms with van der Waals surface area (Å²) in [6.45, 7) is 3.95. The normalized spacial score (nSPS) is 11.6. The summed E-state index contributed by atoms with van der Waals surface area (Å²) in [4.78, 5) is 26.7. The number of halogens is 1. The summed E-state index contributed by atoms with van der Waals surface area (Å²) in [7, 11) is 1.57. The van der Waals surface area contributed by atoms with Crippen LogP contribution in [0.25, 0.3) is 0 Å². The van der Waals surface area contributed by atoms with Crippen molar-refractivity contribution in [1.82, 2.24) is 10.2 Å². The third kappa shape index (κ3) is 5.73. The van der Waals surface area contributed by atoms with E-state index in [9.17, 15) is 9.59 Å². The van der Waals surface area contributed by atoms with Gasteiger partial charge in [-0.1, -0.05) is 48.9 Å². The van der Waals surface area contributed by atoms with E-state index in [2.05, 4.69) is 5.32 Å². The Kier molecular flexibility index (Phi) is 7.67. The fraction of sp³-hybridized carbons (Fsp3) is 0.333. The molecule has 0 saturated heterocycles. The van der Waals surface area contributed by atoms with Crippen molar-refractivity contribution < 1.29 is 14.3 Å². The summed E-state index contributed by atoms with van der Waals surface area (Å²) in [6, 6.07) is 14.3. The van der Waals surface area contributed by atoms with Gasteiger partial charge in [0.05, 0.1) is 0 Å². The largest absolute Gasteiger partial charge is 0.484 e. The average molecular weight is 389 g/mol. The van der Waals surface area contributed by atoms with Crippen LogP contribution in [0.5, 0.6) is 5.75 Å². The molecule has 0 radical (unpaired) electrons. The van der Waals surface area contributed by atoms with Crippen molar-refractivity contribution in [3.05, 3.63) is 64.7 Å². The molecule has 1 N–H and O–H groups in total. The zero-order chi connectivity index (χ0) is 19.8. The predicted molar refractivity (Wildman–Crippen MR) is 107 cm³/mol. The van der Waals surface area contributed by atoms with Gasteiger partial charge in [0, 0.05) is 18.6 Å². The lowest BCUT2D eigenvalue weighted by Crippen LogP contribution is -2.49. The Morgan fingerprint density at radius 2 is 1.89 bits per heavy atom. The van der Waals surface area contributed by atoms with Gasteiger partial charge in [0.15, 0.2) is 6.61 Å². The van der Waals surface area contributed by atoms with Gasteiger partial charge in [-0.05, 0) is 42.7 Å². The Morgan fingerprint density at radius 3 is 2.48 bits per heavy atom. The quantitative estimate of drug-likeness (QED) is 0.751. The molecular formula is C21H25ClN2O3. The average Bonchev–Trinajstić information content (AvgIpc) is 2.69. The molecule has 0 spiro atoms. The Labute approximate surface area is 165 Å². The molecule has 27 heavy (non-hydrogen) atoms. The number of carbonyl (C=O) groups excluding carboxylic acids is 2. The second-order valence-corrected chi connectivity index (χ2v) is 6.65. The maximum Gasteiger partial charge on any atom is 0.261 e. The predicted octanol–water partition coefficient (Wildman–Crippen LogP) is 3.58. The molecule has 2 aromatic rings. The number of likely N-dealkylation sites (N-methyl/N-ethyl adjacent to an activating group) is 1. The fourth-order valence-corrected chi connectivity index (χ4v) is 2.92. The van der Waals surface area contributed by atoms with Crippen molar-refractivity contribution in [2.75, 3.05) is 13.7 Å². The summed E-state index contributed by atoms with van der Waals surface area (Å²) in [5.74, 6) is 0.129. The van der Waals surface area contributed by atoms with E-state index >= 15 is 0 Å². The molecule has 2 rings (SSSR count). The number of amides is 2. The molecule has 6 heteroatoms. The van der Waals surface area contributed by atoms with E-state index in [1.54, 1.807) is 30.1 Å². The maximum absolute atomic E-state index is 12.9. The van der Waals surface area contributed by atoms with Crippen molar-refractivity contribution in [2.24, 2.45) is 0 Å². The van der Waals surface area contributed by atoms with E-state index < -0.39 is 6.04 Å². The smallest absolute Gasteiger partial charge is 0.261 e. The minimum Gasteiger partial charge on any atom is -0.484 e. The lowest BCUT2D eigenvalue weighted by Gasteiger charge is -2.30. The topological polar surface area (TPSA) is 58.6 Å². The number of benzene rings is 2. The zero-order valence-corrected chi connectivity index (χ0v) is 16.6. The van der Waals surface area contributed by atoms with Crippen LogP contribution in [-0.2, 0) is 16.1 Å². The van der Waals surface area contributed by atoms with E-state index in [0.29, 0.717) is 23.7 Å². The Bertz CT molecular complexity index is 780. The van der Waals surface area contributed by atoms with Crippen molar-refractivity contribution >= 4 is 23.4 Å². The van der Waals surface area contributed by atoms with Gasteiger partial charge in [0.2, 0.25) is 5.91 Å². The number of hydrogen-bond acceptors (Lipinski definition) is 3. The van der Waals surface area contributed by atoms with Crippen LogP contribution in [0.1, 0.15) is 24.5 Å². The molecule has 0 aliphatic rings. The van der Waals surface area contributed by atoms with Crippen LogP contribution in [0.2, 0.25) is 5.02 Å². The van der Waals surface area contributed by atoms with Crippen LogP contribution >= 0.6 is 11.6 Å². The molecule has 5 nitrogen and oxygen atoms in total. The van der Waals surface area contributed by atoms with Gasteiger partial charge in [0.25, 0.3) is 5.91 Å². The molecule has 0 heterocycles. The fourth-order valence-electron chi connectivity index (χ4n) is 2.80. The lowest BCUT2D eigenvalue weighted by molar-refractivity contribution is -0.142. The van der Waals surface area contributed by atoms with Gasteiger partial charge in [-0.3, -0.25) is 9.59 Å². The molecular weight excluding hydrogens is 364 g/mol. The van der Waals surface area contributed by atoms with Gasteiger partial charge in [-0.2, -0.15) is 0 Å². The second kappa shape index (κ2) is 9.97. The highest BCUT2D eigenvalue weighted by atomic mass is 35.5. The summed E-state index contributed by atoms with van der Waals surface area (Å²) in [5.41, 5.74) is 1.83. The second-order valence-electron chi connectivity index (χ2n) is 6.25. The van der Waals surface area contributed by atoms with Crippen LogP contribution in [0.4, 0.5) is 0 Å². The minimum absolute atomic E-state index is 0.151. The molecule has 144 valence electrons. The minimum atomic E-state index is -0.557. The van der Waals surface area contributed by atoms with Crippen LogP contribution < -0.4 is 10.1 Å². The first kappa shape index (κ1) is 20.8. The van der Waals surface area contributed by atoms with Gasteiger partial charge < -0.3 is 15.0 Å². The van der Waals surface area contributed by atoms with Crippen molar-refractivity contribution in [2.45, 2.75) is 32.9 Å². The summed E-state index contributed by atoms with van der Waals surface area (Å²) in [6.07, 6.45) is 0.512. The Balaban J connectivity index is 2.16. The van der Waals surface area contributed by atoms with Crippen molar-refractivity contribution in [1.29, 1.82) is 0 Å². The van der Waals surface area contributed by atoms with E-state index in [0.717, 1.165) is 11.1 Å². The van der Waals surface area contributed by atoms with Crippen molar-refractivity contribution in [3.8, 4) is 5.75 Å². The van der Waals surface area contributed by atoms with Crippen LogP contribution in [0, 0.1) is 6.92 Å². The molecule has 0 bridgehead atoms. The third-order valence-corrected chi connectivity index (χ3v) is 4.74. The third-order valence-electron chi connectivity index (χ3n) is 4.32. The van der Waals surface area contributed by atoms with E-state index in [1.807, 2.05) is 44.2 Å². The molecule has 0 aliphatic carbocycles. The van der Waals surface area contributed by atoms with E-state index in [4.69, 9.17) is 16.3 Å². The number of rotatable bonds is 8. The molecule has 0 aliphatic heterocycles. The Morgan fingerprint density at radius 1 is 1.19 bits per heavy atom. The van der Waals surface area contributed by atoms with Gasteiger partial charge >= 0.3 is 0 Å². The maximum atomic E-state index is 12.9. The first-order chi connectivity index (χ1) is 13.0. The number of nitrogens with one attached hydrogen (secondary N) is 1. The lowest BCUT2D eigenvalue weighted by atomic mass is 10.1. The molecule has 0 aromatic heterocycles. The Hall–Kier alpha value is -2.53. The SMILES string of the molecule is CC[C@H](C(=O)NC)N(Cc1ccccc1)C(=O)COc1ccc(Cl)c(C)c1. The highest BCUT2D eigenvalue weighted by molar-refractivity contribution is 6.31. The van der Waals surface area contributed by atoms with Crippen molar-refractivity contribution in [3.63, 3.8) is 0 Å². The summed E-state index contributed by atoms with van der Waals surface area (Å²) >= 11 is 6.02. The molecule has 1 atom stereocenters. The molecule has 2 aromatic carbocycles. The highest BCUT2D eigenvalue weighted by Gasteiger charge is 2.28. The number of nitrogens with zero attached hydrogens (tertiary/aromatic N) is 1. The summed E-state index contributed by atoms with van der Waals surface area (Å²) < 4.78 is 5.65. The number of carbonyl (C=O) groups is 2. The first-order valence-electron chi connectivity index (χ1n) is 8.90. The van der Waals surface area contributed by atoms with Crippen LogP contribution in [0.15, 0.2) is 48.5 Å². The zero-order valence-electron chi connectivity index (χ0n) is 15.9. The van der Waals surface area contributed by atoms with Crippen LogP contribution in [0.3, 0.4) is 0 Å². The van der Waals surface area contributed by atoms with E-state index in [1.165, 1.54) is 0 Å². The highest BCUT2D eigenvalue weighted by Crippen LogP contribution is 2.21.